The van der Waals surface area contributed by atoms with E-state index in [0.29, 0.717) is 32.7 Å². The van der Waals surface area contributed by atoms with Gasteiger partial charge in [0, 0.05) is 44.7 Å². The number of carbonyl (C=O) groups is 2. The molecule has 0 aliphatic carbocycles. The molecule has 1 fully saturated rings. The van der Waals surface area contributed by atoms with Crippen LogP contribution in [0.2, 0.25) is 0 Å². The van der Waals surface area contributed by atoms with E-state index in [2.05, 4.69) is 16.3 Å². The van der Waals surface area contributed by atoms with Crippen molar-refractivity contribution in [3.63, 3.8) is 0 Å². The predicted molar refractivity (Wildman–Crippen MR) is 161 cm³/mol. The molecule has 2 aromatic rings. The van der Waals surface area contributed by atoms with Gasteiger partial charge in [-0.2, -0.15) is 0 Å². The molecule has 0 bridgehead atoms. The summed E-state index contributed by atoms with van der Waals surface area (Å²) in [6.07, 6.45) is 0.480. The van der Waals surface area contributed by atoms with Crippen LogP contribution in [0.4, 0.5) is 10.5 Å². The molecule has 42 heavy (non-hydrogen) atoms. The Balaban J connectivity index is 1.57. The molecule has 10 heteroatoms. The van der Waals surface area contributed by atoms with E-state index in [0.717, 1.165) is 47.8 Å². The SMILES string of the molecule is CNC(=O)C(C)(C)C[C@@H]1C[C@H](c2ccc(OC)cc2)[C@@H](OCc2ccc3c(c2)N(CCCOC)CCO3)CN1C(=O)O. The molecular weight excluding hydrogens is 538 g/mol. The highest BCUT2D eigenvalue weighted by Crippen LogP contribution is 2.40. The number of ether oxygens (including phenoxy) is 4. The number of amides is 2. The topological polar surface area (TPSA) is 110 Å². The van der Waals surface area contributed by atoms with E-state index in [1.54, 1.807) is 21.3 Å². The lowest BCUT2D eigenvalue weighted by molar-refractivity contribution is -0.130. The van der Waals surface area contributed by atoms with E-state index < -0.39 is 11.5 Å². The standard InChI is InChI=1S/C32H45N3O7/c1-32(2,30(36)33-3)19-24-18-26(23-8-10-25(40-5)11-9-23)29(20-35(24)31(37)38)42-21-22-7-12-28-27(17-22)34(14-16-41-28)13-6-15-39-4/h7-12,17,24,26,29H,6,13-16,18-21H2,1-5H3,(H,33,36)(H,37,38)/t24-,26+,29-/m0/s1. The summed E-state index contributed by atoms with van der Waals surface area (Å²) in [5, 5.41) is 12.9. The largest absolute Gasteiger partial charge is 0.497 e. The Morgan fingerprint density at radius 3 is 2.57 bits per heavy atom. The van der Waals surface area contributed by atoms with Gasteiger partial charge in [0.05, 0.1) is 38.6 Å². The van der Waals surface area contributed by atoms with Crippen LogP contribution in [-0.2, 0) is 20.9 Å². The third kappa shape index (κ3) is 7.46. The predicted octanol–water partition coefficient (Wildman–Crippen LogP) is 4.51. The molecule has 4 rings (SSSR count). The van der Waals surface area contributed by atoms with Gasteiger partial charge in [0.2, 0.25) is 5.91 Å². The molecule has 10 nitrogen and oxygen atoms in total. The Kier molecular flexibility index (Phi) is 10.6. The lowest BCUT2D eigenvalue weighted by Crippen LogP contribution is -2.54. The number of nitrogens with one attached hydrogen (secondary N) is 1. The second-order valence-electron chi connectivity index (χ2n) is 11.7. The summed E-state index contributed by atoms with van der Waals surface area (Å²) >= 11 is 0. The molecule has 230 valence electrons. The minimum absolute atomic E-state index is 0.0662. The van der Waals surface area contributed by atoms with Crippen molar-refractivity contribution in [1.29, 1.82) is 0 Å². The average Bonchev–Trinajstić information content (AvgIpc) is 2.99. The number of carbonyl (C=O) groups excluding carboxylic acids is 1. The highest BCUT2D eigenvalue weighted by Gasteiger charge is 2.43. The Morgan fingerprint density at radius 1 is 1.14 bits per heavy atom. The van der Waals surface area contributed by atoms with Gasteiger partial charge in [-0.3, -0.25) is 4.79 Å². The third-order valence-electron chi connectivity index (χ3n) is 8.39. The Labute approximate surface area is 248 Å². The van der Waals surface area contributed by atoms with Gasteiger partial charge >= 0.3 is 6.09 Å². The van der Waals surface area contributed by atoms with Crippen LogP contribution in [0.1, 0.15) is 50.2 Å². The number of likely N-dealkylation sites (tertiary alicyclic amines) is 1. The molecule has 2 aliphatic rings. The highest BCUT2D eigenvalue weighted by atomic mass is 16.5. The maximum Gasteiger partial charge on any atom is 0.407 e. The molecule has 0 saturated carbocycles. The van der Waals surface area contributed by atoms with Gasteiger partial charge in [-0.1, -0.05) is 32.0 Å². The minimum atomic E-state index is -1.01. The number of rotatable bonds is 12. The van der Waals surface area contributed by atoms with Crippen LogP contribution < -0.4 is 19.7 Å². The maximum absolute atomic E-state index is 12.6. The molecule has 2 heterocycles. The zero-order valence-electron chi connectivity index (χ0n) is 25.4. The Bertz CT molecular complexity index is 1200. The van der Waals surface area contributed by atoms with Gasteiger partial charge in [-0.15, -0.1) is 0 Å². The van der Waals surface area contributed by atoms with Crippen LogP contribution in [0.15, 0.2) is 42.5 Å². The van der Waals surface area contributed by atoms with Crippen LogP contribution in [0.3, 0.4) is 0 Å². The van der Waals surface area contributed by atoms with Crippen LogP contribution in [-0.4, -0.2) is 88.3 Å². The van der Waals surface area contributed by atoms with Gasteiger partial charge in [0.1, 0.15) is 18.1 Å². The number of piperidine rings is 1. The number of methoxy groups -OCH3 is 2. The molecule has 3 atom stereocenters. The molecule has 2 amide bonds. The molecule has 2 aliphatic heterocycles. The molecule has 0 unspecified atom stereocenters. The van der Waals surface area contributed by atoms with Crippen molar-refractivity contribution < 1.29 is 33.6 Å². The van der Waals surface area contributed by atoms with Gasteiger partial charge in [-0.25, -0.2) is 4.79 Å². The monoisotopic (exact) mass is 583 g/mol. The van der Waals surface area contributed by atoms with Gasteiger partial charge in [-0.05, 0) is 54.7 Å². The van der Waals surface area contributed by atoms with Crippen molar-refractivity contribution in [3.8, 4) is 11.5 Å². The number of carboxylic acid groups (broad SMARTS) is 1. The number of anilines is 1. The maximum atomic E-state index is 12.6. The van der Waals surface area contributed by atoms with Crippen molar-refractivity contribution in [3.05, 3.63) is 53.6 Å². The number of nitrogens with zero attached hydrogens (tertiary/aromatic N) is 2. The first-order valence-electron chi connectivity index (χ1n) is 14.6. The van der Waals surface area contributed by atoms with Gasteiger partial charge in [0.25, 0.3) is 0 Å². The lowest BCUT2D eigenvalue weighted by atomic mass is 9.76. The fourth-order valence-electron chi connectivity index (χ4n) is 6.10. The van der Waals surface area contributed by atoms with Crippen LogP contribution in [0.25, 0.3) is 0 Å². The summed E-state index contributed by atoms with van der Waals surface area (Å²) in [4.78, 5) is 28.8. The first kappa shape index (κ1) is 31.4. The van der Waals surface area contributed by atoms with Crippen molar-refractivity contribution in [2.45, 2.75) is 57.8 Å². The van der Waals surface area contributed by atoms with E-state index in [9.17, 15) is 14.7 Å². The highest BCUT2D eigenvalue weighted by molar-refractivity contribution is 5.81. The van der Waals surface area contributed by atoms with Crippen molar-refractivity contribution >= 4 is 17.7 Å². The quantitative estimate of drug-likeness (QED) is 0.351. The number of benzene rings is 2. The number of hydrogen-bond acceptors (Lipinski definition) is 7. The van der Waals surface area contributed by atoms with Gasteiger partial charge in [0.15, 0.2) is 0 Å². The smallest absolute Gasteiger partial charge is 0.407 e. The Morgan fingerprint density at radius 2 is 1.90 bits per heavy atom. The third-order valence-corrected chi connectivity index (χ3v) is 8.39. The van der Waals surface area contributed by atoms with Crippen molar-refractivity contribution in [2.75, 3.05) is 59.0 Å². The molecule has 2 N–H and O–H groups in total. The summed E-state index contributed by atoms with van der Waals surface area (Å²) < 4.78 is 23.0. The summed E-state index contributed by atoms with van der Waals surface area (Å²) in [7, 11) is 4.95. The zero-order chi connectivity index (χ0) is 30.3. The van der Waals surface area contributed by atoms with Crippen LogP contribution in [0, 0.1) is 5.41 Å². The van der Waals surface area contributed by atoms with Gasteiger partial charge < -0.3 is 39.2 Å². The first-order valence-corrected chi connectivity index (χ1v) is 14.6. The minimum Gasteiger partial charge on any atom is -0.497 e. The molecular formula is C32H45N3O7. The first-order chi connectivity index (χ1) is 20.2. The van der Waals surface area contributed by atoms with E-state index >= 15 is 0 Å². The Hall–Kier alpha value is -3.50. The van der Waals surface area contributed by atoms with Crippen molar-refractivity contribution in [2.24, 2.45) is 5.41 Å². The fourth-order valence-corrected chi connectivity index (χ4v) is 6.10. The molecule has 0 radical (unpaired) electrons. The van der Waals surface area contributed by atoms with Crippen LogP contribution in [0.5, 0.6) is 11.5 Å². The van der Waals surface area contributed by atoms with Crippen molar-refractivity contribution in [1.82, 2.24) is 10.2 Å². The summed E-state index contributed by atoms with van der Waals surface area (Å²) in [5.41, 5.74) is 2.36. The fraction of sp³-hybridized carbons (Fsp3) is 0.562. The number of hydrogen-bond donors (Lipinski definition) is 2. The summed E-state index contributed by atoms with van der Waals surface area (Å²) in [6, 6.07) is 13.6. The number of fused-ring (bicyclic) bond motifs is 1. The second-order valence-corrected chi connectivity index (χ2v) is 11.7. The average molecular weight is 584 g/mol. The molecule has 0 spiro atoms. The van der Waals surface area contributed by atoms with E-state index in [-0.39, 0.29) is 30.5 Å². The van der Waals surface area contributed by atoms with E-state index in [1.165, 1.54) is 4.90 Å². The van der Waals surface area contributed by atoms with E-state index in [1.807, 2.05) is 50.2 Å². The molecule has 1 saturated heterocycles. The lowest BCUT2D eigenvalue weighted by Gasteiger charge is -2.45. The zero-order valence-corrected chi connectivity index (χ0v) is 25.4. The summed E-state index contributed by atoms with van der Waals surface area (Å²) in [5.74, 6) is 1.43. The second kappa shape index (κ2) is 14.1. The van der Waals surface area contributed by atoms with Crippen LogP contribution >= 0.6 is 0 Å². The molecule has 2 aromatic carbocycles. The molecule has 0 aromatic heterocycles. The van der Waals surface area contributed by atoms with E-state index in [4.69, 9.17) is 18.9 Å². The normalized spacial score (nSPS) is 20.5. The summed E-state index contributed by atoms with van der Waals surface area (Å²) in [6.45, 7) is 7.28.